The molecule has 1 aliphatic carbocycles. The Morgan fingerprint density at radius 2 is 0.875 bits per heavy atom. The van der Waals surface area contributed by atoms with Gasteiger partial charge in [0, 0.05) is 61.6 Å². The second kappa shape index (κ2) is 10.6. The molecule has 0 aliphatic heterocycles. The van der Waals surface area contributed by atoms with Crippen molar-refractivity contribution in [1.82, 2.24) is 9.80 Å². The summed E-state index contributed by atoms with van der Waals surface area (Å²) in [6, 6.07) is 21.8. The van der Waals surface area contributed by atoms with E-state index in [1.165, 1.54) is 24.3 Å². The largest absolute Gasteiger partial charge is 0.362 e. The highest BCUT2D eigenvalue weighted by molar-refractivity contribution is 6.29. The van der Waals surface area contributed by atoms with E-state index in [1.54, 1.807) is 70.5 Å². The van der Waals surface area contributed by atoms with Crippen molar-refractivity contribution in [3.8, 4) is 0 Å². The van der Waals surface area contributed by atoms with E-state index in [0.29, 0.717) is 34.2 Å². The third kappa shape index (κ3) is 5.16. The lowest BCUT2D eigenvalue weighted by Gasteiger charge is -2.20. The van der Waals surface area contributed by atoms with Crippen LogP contribution in [0.5, 0.6) is 0 Å². The number of ketones is 2. The summed E-state index contributed by atoms with van der Waals surface area (Å²) in [5.41, 5.74) is 3.53. The fraction of sp³-hybridized carbons (Fsp3) is 0.125. The van der Waals surface area contributed by atoms with Crippen LogP contribution in [0.3, 0.4) is 0 Å². The molecule has 40 heavy (non-hydrogen) atoms. The Morgan fingerprint density at radius 1 is 0.525 bits per heavy atom. The van der Waals surface area contributed by atoms with Crippen molar-refractivity contribution in [3.63, 3.8) is 0 Å². The summed E-state index contributed by atoms with van der Waals surface area (Å²) in [5, 5.41) is 0. The summed E-state index contributed by atoms with van der Waals surface area (Å²) in [5.74, 6) is -0.0969. The van der Waals surface area contributed by atoms with Crippen molar-refractivity contribution in [1.29, 1.82) is 0 Å². The Hall–Kier alpha value is -4.98. The molecule has 0 unspecified atom stereocenters. The number of benzene rings is 4. The average Bonchev–Trinajstić information content (AvgIpc) is 2.94. The van der Waals surface area contributed by atoms with Gasteiger partial charge in [-0.1, -0.05) is 0 Å². The van der Waals surface area contributed by atoms with Crippen LogP contribution in [0.15, 0.2) is 94.9 Å². The molecule has 0 heterocycles. The first kappa shape index (κ1) is 26.6. The fourth-order valence-electron chi connectivity index (χ4n) is 4.55. The number of rotatable bonds is 4. The Labute approximate surface area is 230 Å². The first-order valence-corrected chi connectivity index (χ1v) is 12.5. The van der Waals surface area contributed by atoms with Crippen molar-refractivity contribution in [2.75, 3.05) is 28.2 Å². The minimum absolute atomic E-state index is 0.271. The van der Waals surface area contributed by atoms with Gasteiger partial charge in [-0.05, 0) is 84.9 Å². The first-order valence-electron chi connectivity index (χ1n) is 12.5. The molecule has 1 aliphatic rings. The van der Waals surface area contributed by atoms with Crippen LogP contribution in [0.4, 0.5) is 20.2 Å². The normalized spacial score (nSPS) is 13.2. The van der Waals surface area contributed by atoms with E-state index in [0.717, 1.165) is 0 Å². The summed E-state index contributed by atoms with van der Waals surface area (Å²) >= 11 is 0. The molecule has 4 aromatic carbocycles. The molecule has 0 amide bonds. The Kier molecular flexibility index (Phi) is 7.09. The number of hydrogen-bond donors (Lipinski definition) is 0. The van der Waals surface area contributed by atoms with Crippen molar-refractivity contribution >= 4 is 34.6 Å². The maximum absolute atomic E-state index is 13.5. The molecule has 0 atom stereocenters. The number of nitrogens with zero attached hydrogens (tertiary/aromatic N) is 4. The smallest absolute Gasteiger partial charge is 0.194 e. The number of carbonyl (C=O) groups is 2. The van der Waals surface area contributed by atoms with Gasteiger partial charge in [-0.25, -0.2) is 18.8 Å². The predicted octanol–water partition coefficient (Wildman–Crippen LogP) is 6.02. The van der Waals surface area contributed by atoms with E-state index in [1.807, 2.05) is 28.2 Å². The monoisotopic (exact) mass is 536 g/mol. The minimum atomic E-state index is -0.347. The van der Waals surface area contributed by atoms with Crippen LogP contribution in [-0.2, 0) is 0 Å². The quantitative estimate of drug-likeness (QED) is 0.208. The van der Waals surface area contributed by atoms with E-state index in [-0.39, 0.29) is 45.5 Å². The molecule has 0 N–H and O–H groups in total. The predicted molar refractivity (Wildman–Crippen MR) is 152 cm³/mol. The van der Waals surface area contributed by atoms with E-state index < -0.39 is 0 Å². The Morgan fingerprint density at radius 3 is 1.20 bits per heavy atom. The molecular weight excluding hydrogens is 510 g/mol. The third-order valence-electron chi connectivity index (χ3n) is 6.51. The van der Waals surface area contributed by atoms with Crippen LogP contribution < -0.4 is 0 Å². The lowest BCUT2D eigenvalue weighted by atomic mass is 9.83. The fourth-order valence-corrected chi connectivity index (χ4v) is 4.55. The number of carbonyl (C=O) groups excluding carboxylic acids is 2. The maximum atomic E-state index is 13.5. The number of amidine groups is 2. The minimum Gasteiger partial charge on any atom is -0.362 e. The van der Waals surface area contributed by atoms with Crippen molar-refractivity contribution in [2.24, 2.45) is 9.98 Å². The zero-order valence-corrected chi connectivity index (χ0v) is 22.4. The van der Waals surface area contributed by atoms with Gasteiger partial charge in [0.2, 0.25) is 0 Å². The van der Waals surface area contributed by atoms with Gasteiger partial charge >= 0.3 is 0 Å². The molecule has 0 saturated carbocycles. The molecule has 0 fully saturated rings. The molecular formula is C32H26F2N4O2. The van der Waals surface area contributed by atoms with Crippen LogP contribution in [0, 0.1) is 11.6 Å². The summed E-state index contributed by atoms with van der Waals surface area (Å²) in [7, 11) is 7.29. The van der Waals surface area contributed by atoms with Crippen molar-refractivity contribution in [3.05, 3.63) is 130 Å². The van der Waals surface area contributed by atoms with Gasteiger partial charge in [-0.15, -0.1) is 0 Å². The van der Waals surface area contributed by atoms with Crippen LogP contribution >= 0.6 is 0 Å². The molecule has 4 aromatic rings. The number of fused-ring (bicyclic) bond motifs is 2. The standard InChI is InChI=1S/C32H26F2N4O2/c1-37(2)31(19-5-9-21(33)10-6-19)35-23-13-15-25-27(17-23)29(39)26-16-14-24(18-28(26)30(25)40)36-32(38(3)4)20-7-11-22(34)12-8-20/h5-18H,1-4H3. The number of hydrogen-bond acceptors (Lipinski definition) is 4. The summed E-state index contributed by atoms with van der Waals surface area (Å²) < 4.78 is 26.9. The van der Waals surface area contributed by atoms with E-state index in [9.17, 15) is 18.4 Å². The summed E-state index contributed by atoms with van der Waals surface area (Å²) in [6.07, 6.45) is 0. The van der Waals surface area contributed by atoms with Gasteiger partial charge in [0.1, 0.15) is 23.3 Å². The van der Waals surface area contributed by atoms with Crippen LogP contribution in [0.25, 0.3) is 0 Å². The van der Waals surface area contributed by atoms with Gasteiger partial charge in [0.15, 0.2) is 11.6 Å². The van der Waals surface area contributed by atoms with Gasteiger partial charge in [-0.2, -0.15) is 0 Å². The van der Waals surface area contributed by atoms with Gasteiger partial charge in [0.25, 0.3) is 0 Å². The molecule has 200 valence electrons. The van der Waals surface area contributed by atoms with E-state index >= 15 is 0 Å². The van der Waals surface area contributed by atoms with Crippen molar-refractivity contribution in [2.45, 2.75) is 0 Å². The highest BCUT2D eigenvalue weighted by Gasteiger charge is 2.30. The van der Waals surface area contributed by atoms with Gasteiger partial charge < -0.3 is 9.80 Å². The maximum Gasteiger partial charge on any atom is 0.194 e. The second-order valence-corrected chi connectivity index (χ2v) is 9.79. The highest BCUT2D eigenvalue weighted by Crippen LogP contribution is 2.33. The van der Waals surface area contributed by atoms with Gasteiger partial charge in [-0.3, -0.25) is 9.59 Å². The van der Waals surface area contributed by atoms with E-state index in [4.69, 9.17) is 0 Å². The van der Waals surface area contributed by atoms with E-state index in [2.05, 4.69) is 9.98 Å². The molecule has 0 saturated heterocycles. The average molecular weight is 537 g/mol. The Bertz CT molecular complexity index is 1560. The second-order valence-electron chi connectivity index (χ2n) is 9.79. The van der Waals surface area contributed by atoms with Crippen LogP contribution in [-0.4, -0.2) is 61.2 Å². The molecule has 0 bridgehead atoms. The zero-order valence-electron chi connectivity index (χ0n) is 22.4. The molecule has 6 nitrogen and oxygen atoms in total. The first-order chi connectivity index (χ1) is 19.1. The molecule has 8 heteroatoms. The molecule has 0 aromatic heterocycles. The summed E-state index contributed by atoms with van der Waals surface area (Å²) in [6.45, 7) is 0. The number of halogens is 2. The zero-order chi connectivity index (χ0) is 28.6. The van der Waals surface area contributed by atoms with Crippen LogP contribution in [0.1, 0.15) is 43.0 Å². The van der Waals surface area contributed by atoms with Gasteiger partial charge in [0.05, 0.1) is 11.4 Å². The third-order valence-corrected chi connectivity index (χ3v) is 6.51. The molecule has 0 spiro atoms. The lowest BCUT2D eigenvalue weighted by Crippen LogP contribution is -2.23. The highest BCUT2D eigenvalue weighted by atomic mass is 19.1. The number of aliphatic imine (C=N–C) groups is 2. The van der Waals surface area contributed by atoms with Crippen molar-refractivity contribution < 1.29 is 18.4 Å². The Balaban J connectivity index is 1.51. The topological polar surface area (TPSA) is 65.3 Å². The molecule has 5 rings (SSSR count). The summed E-state index contributed by atoms with van der Waals surface area (Å²) in [4.78, 5) is 40.0. The van der Waals surface area contributed by atoms with Crippen LogP contribution in [0.2, 0.25) is 0 Å². The molecule has 0 radical (unpaired) electrons. The SMILES string of the molecule is CN(C)C(=Nc1ccc2c(c1)C(=O)c1ccc(N=C(c3ccc(F)cc3)N(C)C)cc1C2=O)c1ccc(F)cc1. The lowest BCUT2D eigenvalue weighted by molar-refractivity contribution is 0.0979.